The maximum absolute atomic E-state index is 13.2. The molecule has 0 atom stereocenters. The summed E-state index contributed by atoms with van der Waals surface area (Å²) in [6, 6.07) is 12.6. The maximum atomic E-state index is 13.2. The van der Waals surface area contributed by atoms with Gasteiger partial charge in [-0.15, -0.1) is 0 Å². The first kappa shape index (κ1) is 14.8. The largest absolute Gasteiger partial charge is 0.488 e. The standard InChI is InChI=1S/C17H13FN2O3/c18-13-6-3-4-11(8-13)10-23-15-7-2-1-5-12(15)9-14-16(21)20-17(22)19-14/h1-9H,10H2,(H2,19,20,21,22)/b14-9+. The van der Waals surface area contributed by atoms with Gasteiger partial charge in [0.25, 0.3) is 5.91 Å². The maximum Gasteiger partial charge on any atom is 0.326 e. The monoisotopic (exact) mass is 312 g/mol. The van der Waals surface area contributed by atoms with Crippen LogP contribution in [0, 0.1) is 5.82 Å². The molecule has 0 radical (unpaired) electrons. The van der Waals surface area contributed by atoms with Crippen LogP contribution < -0.4 is 15.4 Å². The lowest BCUT2D eigenvalue weighted by Crippen LogP contribution is -2.22. The predicted molar refractivity (Wildman–Crippen MR) is 81.8 cm³/mol. The Hall–Kier alpha value is -3.15. The Morgan fingerprint density at radius 3 is 2.61 bits per heavy atom. The molecule has 0 unspecified atom stereocenters. The molecule has 0 spiro atoms. The summed E-state index contributed by atoms with van der Waals surface area (Å²) in [5, 5.41) is 4.55. The fraction of sp³-hybridized carbons (Fsp3) is 0.0588. The molecule has 1 heterocycles. The van der Waals surface area contributed by atoms with E-state index in [1.54, 1.807) is 36.4 Å². The highest BCUT2D eigenvalue weighted by Crippen LogP contribution is 2.22. The molecule has 23 heavy (non-hydrogen) atoms. The highest BCUT2D eigenvalue weighted by atomic mass is 19.1. The molecular weight excluding hydrogens is 299 g/mol. The van der Waals surface area contributed by atoms with Crippen molar-refractivity contribution in [1.82, 2.24) is 10.6 Å². The van der Waals surface area contributed by atoms with E-state index >= 15 is 0 Å². The second-order valence-corrected chi connectivity index (χ2v) is 4.92. The summed E-state index contributed by atoms with van der Waals surface area (Å²) in [4.78, 5) is 22.7. The van der Waals surface area contributed by atoms with Gasteiger partial charge in [0.15, 0.2) is 0 Å². The number of rotatable bonds is 4. The number of benzene rings is 2. The van der Waals surface area contributed by atoms with Gasteiger partial charge in [0.05, 0.1) is 0 Å². The molecule has 0 aliphatic carbocycles. The number of ether oxygens (including phenoxy) is 1. The Morgan fingerprint density at radius 1 is 1.04 bits per heavy atom. The normalized spacial score (nSPS) is 15.4. The van der Waals surface area contributed by atoms with E-state index in [-0.39, 0.29) is 18.1 Å². The van der Waals surface area contributed by atoms with Crippen LogP contribution in [0.15, 0.2) is 54.2 Å². The molecule has 1 fully saturated rings. The zero-order valence-corrected chi connectivity index (χ0v) is 12.0. The van der Waals surface area contributed by atoms with Crippen molar-refractivity contribution in [3.63, 3.8) is 0 Å². The van der Waals surface area contributed by atoms with Crippen LogP contribution in [-0.2, 0) is 11.4 Å². The van der Waals surface area contributed by atoms with Gasteiger partial charge < -0.3 is 10.1 Å². The summed E-state index contributed by atoms with van der Waals surface area (Å²) in [6.45, 7) is 0.191. The van der Waals surface area contributed by atoms with Crippen LogP contribution in [0.5, 0.6) is 5.75 Å². The highest BCUT2D eigenvalue weighted by molar-refractivity contribution is 6.14. The Labute approximate surface area is 131 Å². The fourth-order valence-electron chi connectivity index (χ4n) is 2.16. The van der Waals surface area contributed by atoms with Crippen molar-refractivity contribution in [3.05, 3.63) is 71.2 Å². The molecule has 116 valence electrons. The first-order valence-electron chi connectivity index (χ1n) is 6.92. The van der Waals surface area contributed by atoms with Crippen LogP contribution in [0.2, 0.25) is 0 Å². The Kier molecular flexibility index (Phi) is 4.05. The molecule has 0 saturated carbocycles. The second kappa shape index (κ2) is 6.31. The summed E-state index contributed by atoms with van der Waals surface area (Å²) in [5.74, 6) is -0.292. The van der Waals surface area contributed by atoms with Crippen molar-refractivity contribution >= 4 is 18.0 Å². The van der Waals surface area contributed by atoms with E-state index in [1.807, 2.05) is 0 Å². The lowest BCUT2D eigenvalue weighted by molar-refractivity contribution is -0.115. The number of halogens is 1. The average molecular weight is 312 g/mol. The third kappa shape index (κ3) is 3.55. The van der Waals surface area contributed by atoms with Crippen molar-refractivity contribution in [2.24, 2.45) is 0 Å². The summed E-state index contributed by atoms with van der Waals surface area (Å²) < 4.78 is 18.9. The highest BCUT2D eigenvalue weighted by Gasteiger charge is 2.23. The van der Waals surface area contributed by atoms with Crippen LogP contribution in [0.1, 0.15) is 11.1 Å². The van der Waals surface area contributed by atoms with Crippen LogP contribution in [-0.4, -0.2) is 11.9 Å². The topological polar surface area (TPSA) is 67.4 Å². The molecule has 0 bridgehead atoms. The van der Waals surface area contributed by atoms with Crippen molar-refractivity contribution in [3.8, 4) is 5.75 Å². The van der Waals surface area contributed by atoms with Crippen molar-refractivity contribution < 1.29 is 18.7 Å². The van der Waals surface area contributed by atoms with Crippen molar-refractivity contribution in [2.45, 2.75) is 6.61 Å². The number of amides is 3. The lowest BCUT2D eigenvalue weighted by Gasteiger charge is -2.09. The van der Waals surface area contributed by atoms with Gasteiger partial charge in [0.2, 0.25) is 0 Å². The van der Waals surface area contributed by atoms with Crippen LogP contribution in [0.3, 0.4) is 0 Å². The smallest absolute Gasteiger partial charge is 0.326 e. The lowest BCUT2D eigenvalue weighted by atomic mass is 10.1. The quantitative estimate of drug-likeness (QED) is 0.673. The molecule has 2 N–H and O–H groups in total. The van der Waals surface area contributed by atoms with E-state index in [4.69, 9.17) is 4.74 Å². The summed E-state index contributed by atoms with van der Waals surface area (Å²) in [5.41, 5.74) is 1.48. The predicted octanol–water partition coefficient (Wildman–Crippen LogP) is 2.59. The van der Waals surface area contributed by atoms with Gasteiger partial charge in [-0.25, -0.2) is 9.18 Å². The minimum Gasteiger partial charge on any atom is -0.488 e. The molecule has 1 aliphatic heterocycles. The summed E-state index contributed by atoms with van der Waals surface area (Å²) in [6.07, 6.45) is 1.53. The first-order valence-corrected chi connectivity index (χ1v) is 6.92. The minimum atomic E-state index is -0.556. The number of nitrogens with one attached hydrogen (secondary N) is 2. The Bertz CT molecular complexity index is 802. The van der Waals surface area contributed by atoms with Gasteiger partial charge >= 0.3 is 6.03 Å². The summed E-state index contributed by atoms with van der Waals surface area (Å²) in [7, 11) is 0. The Morgan fingerprint density at radius 2 is 1.87 bits per heavy atom. The molecule has 3 rings (SSSR count). The molecule has 1 saturated heterocycles. The molecule has 5 nitrogen and oxygen atoms in total. The van der Waals surface area contributed by atoms with E-state index in [9.17, 15) is 14.0 Å². The van der Waals surface area contributed by atoms with Crippen LogP contribution in [0.4, 0.5) is 9.18 Å². The fourth-order valence-corrected chi connectivity index (χ4v) is 2.16. The van der Waals surface area contributed by atoms with E-state index < -0.39 is 11.9 Å². The zero-order valence-electron chi connectivity index (χ0n) is 12.0. The van der Waals surface area contributed by atoms with Crippen molar-refractivity contribution in [2.75, 3.05) is 0 Å². The molecule has 3 amide bonds. The number of hydrogen-bond donors (Lipinski definition) is 2. The first-order chi connectivity index (χ1) is 11.1. The third-order valence-electron chi connectivity index (χ3n) is 3.22. The number of urea groups is 1. The Balaban J connectivity index is 1.80. The van der Waals surface area contributed by atoms with Crippen LogP contribution in [0.25, 0.3) is 6.08 Å². The van der Waals surface area contributed by atoms with Gasteiger partial charge in [-0.05, 0) is 29.8 Å². The number of para-hydroxylation sites is 1. The van der Waals surface area contributed by atoms with Crippen molar-refractivity contribution in [1.29, 1.82) is 0 Å². The van der Waals surface area contributed by atoms with Gasteiger partial charge in [-0.2, -0.15) is 0 Å². The second-order valence-electron chi connectivity index (χ2n) is 4.92. The number of imide groups is 1. The van der Waals surface area contributed by atoms with Gasteiger partial charge in [0.1, 0.15) is 23.9 Å². The minimum absolute atomic E-state index is 0.150. The van der Waals surface area contributed by atoms with E-state index in [1.165, 1.54) is 18.2 Å². The zero-order chi connectivity index (χ0) is 16.2. The molecule has 6 heteroatoms. The van der Waals surface area contributed by atoms with E-state index in [0.29, 0.717) is 16.9 Å². The number of hydrogen-bond acceptors (Lipinski definition) is 3. The van der Waals surface area contributed by atoms with Gasteiger partial charge in [0, 0.05) is 5.56 Å². The van der Waals surface area contributed by atoms with Gasteiger partial charge in [-0.3, -0.25) is 10.1 Å². The number of carbonyl (C=O) groups excluding carboxylic acids is 2. The molecule has 0 aromatic heterocycles. The van der Waals surface area contributed by atoms with E-state index in [2.05, 4.69) is 10.6 Å². The van der Waals surface area contributed by atoms with Gasteiger partial charge in [-0.1, -0.05) is 30.3 Å². The molecule has 2 aromatic carbocycles. The SMILES string of the molecule is O=C1NC(=O)/C(=C\c2ccccc2OCc2cccc(F)c2)N1. The summed E-state index contributed by atoms with van der Waals surface area (Å²) >= 11 is 0. The van der Waals surface area contributed by atoms with Crippen LogP contribution >= 0.6 is 0 Å². The molecule has 1 aliphatic rings. The third-order valence-corrected chi connectivity index (χ3v) is 3.22. The molecular formula is C17H13FN2O3. The average Bonchev–Trinajstić information content (AvgIpc) is 2.84. The molecule has 2 aromatic rings. The number of carbonyl (C=O) groups is 2. The van der Waals surface area contributed by atoms with E-state index in [0.717, 1.165) is 0 Å².